The van der Waals surface area contributed by atoms with Crippen molar-refractivity contribution in [2.45, 2.75) is 58.3 Å². The molecule has 0 saturated carbocycles. The molecule has 1 aliphatic rings. The van der Waals surface area contributed by atoms with Gasteiger partial charge in [-0.25, -0.2) is 0 Å². The minimum atomic E-state index is -0.112. The van der Waals surface area contributed by atoms with E-state index in [1.807, 2.05) is 79.6 Å². The van der Waals surface area contributed by atoms with E-state index in [4.69, 9.17) is 0 Å². The molecular weight excluding hydrogens is 446 g/mol. The fourth-order valence-electron chi connectivity index (χ4n) is 4.32. The van der Waals surface area contributed by atoms with Gasteiger partial charge in [0.2, 0.25) is 5.91 Å². The van der Waals surface area contributed by atoms with E-state index in [9.17, 15) is 9.59 Å². The fourth-order valence-corrected chi connectivity index (χ4v) is 5.13. The lowest BCUT2D eigenvalue weighted by Gasteiger charge is -2.24. The topological polar surface area (TPSA) is 80.1 Å². The molecule has 0 aliphatic carbocycles. The minimum absolute atomic E-state index is 0.0267. The number of nitrogens with one attached hydrogen (secondary N) is 1. The van der Waals surface area contributed by atoms with Crippen LogP contribution < -0.4 is 5.32 Å². The first-order valence-electron chi connectivity index (χ1n) is 11.7. The zero-order valence-corrected chi connectivity index (χ0v) is 21.0. The Morgan fingerprint density at radius 1 is 1.09 bits per heavy atom. The number of nitrogens with zero attached hydrogens (tertiary/aromatic N) is 4. The van der Waals surface area contributed by atoms with Crippen molar-refractivity contribution >= 4 is 29.3 Å². The van der Waals surface area contributed by atoms with Gasteiger partial charge in [0, 0.05) is 24.3 Å². The van der Waals surface area contributed by atoms with Crippen molar-refractivity contribution in [3.63, 3.8) is 0 Å². The average Bonchev–Trinajstić information content (AvgIpc) is 3.46. The van der Waals surface area contributed by atoms with E-state index in [-0.39, 0.29) is 23.6 Å². The monoisotopic (exact) mass is 477 g/mol. The normalized spacial score (nSPS) is 15.5. The molecule has 4 rings (SSSR count). The number of hydrogen-bond donors (Lipinski definition) is 1. The van der Waals surface area contributed by atoms with Gasteiger partial charge in [-0.2, -0.15) is 0 Å². The van der Waals surface area contributed by atoms with Crippen LogP contribution in [-0.4, -0.2) is 43.8 Å². The summed E-state index contributed by atoms with van der Waals surface area (Å²) in [6.07, 6.45) is 1.78. The van der Waals surface area contributed by atoms with E-state index in [0.717, 1.165) is 35.5 Å². The third kappa shape index (κ3) is 5.17. The summed E-state index contributed by atoms with van der Waals surface area (Å²) < 4.78 is 2.03. The molecule has 1 saturated heterocycles. The molecular formula is C26H31N5O2S. The van der Waals surface area contributed by atoms with Crippen molar-refractivity contribution in [2.75, 3.05) is 17.6 Å². The summed E-state index contributed by atoms with van der Waals surface area (Å²) in [5, 5.41) is 12.5. The van der Waals surface area contributed by atoms with Gasteiger partial charge in [0.05, 0.1) is 11.8 Å². The van der Waals surface area contributed by atoms with Crippen LogP contribution in [0.25, 0.3) is 0 Å². The lowest BCUT2D eigenvalue weighted by Crippen LogP contribution is -2.32. The van der Waals surface area contributed by atoms with Crippen LogP contribution in [0.3, 0.4) is 0 Å². The number of carbonyl (C=O) groups excluding carboxylic acids is 2. The summed E-state index contributed by atoms with van der Waals surface area (Å²) in [5.41, 5.74) is 4.89. The van der Waals surface area contributed by atoms with Crippen LogP contribution in [0.4, 0.5) is 5.69 Å². The summed E-state index contributed by atoms with van der Waals surface area (Å²) in [6.45, 7) is 9.48. The number of thioether (sulfide) groups is 1. The van der Waals surface area contributed by atoms with E-state index >= 15 is 0 Å². The smallest absolute Gasteiger partial charge is 0.254 e. The molecule has 3 aromatic rings. The largest absolute Gasteiger partial charge is 0.328 e. The van der Waals surface area contributed by atoms with E-state index in [2.05, 4.69) is 15.5 Å². The van der Waals surface area contributed by atoms with Gasteiger partial charge in [0.25, 0.3) is 5.91 Å². The Labute approximate surface area is 205 Å². The van der Waals surface area contributed by atoms with Crippen molar-refractivity contribution < 1.29 is 9.59 Å². The van der Waals surface area contributed by atoms with Gasteiger partial charge >= 0.3 is 0 Å². The van der Waals surface area contributed by atoms with Crippen molar-refractivity contribution in [1.82, 2.24) is 19.7 Å². The number of amides is 2. The number of anilines is 1. The molecule has 1 aliphatic heterocycles. The Morgan fingerprint density at radius 3 is 2.65 bits per heavy atom. The van der Waals surface area contributed by atoms with Gasteiger partial charge in [-0.05, 0) is 75.9 Å². The maximum atomic E-state index is 13.2. The van der Waals surface area contributed by atoms with Gasteiger partial charge in [0.15, 0.2) is 11.0 Å². The molecule has 8 heteroatoms. The molecule has 0 bridgehead atoms. The molecule has 1 unspecified atom stereocenters. The standard InChI is InChI=1S/C26H31N5O2S/c1-5-30-24(22-10-7-13-31(22)25(33)20-9-6-8-17(2)14-20)28-29-26(30)34-16-23(32)27-21-12-11-18(3)19(4)15-21/h6,8-9,11-12,14-15,22H,5,7,10,13,16H2,1-4H3,(H,27,32). The maximum Gasteiger partial charge on any atom is 0.254 e. The van der Waals surface area contributed by atoms with Crippen LogP contribution in [0.5, 0.6) is 0 Å². The Hall–Kier alpha value is -3.13. The highest BCUT2D eigenvalue weighted by Crippen LogP contribution is 2.34. The van der Waals surface area contributed by atoms with Gasteiger partial charge in [-0.1, -0.05) is 35.5 Å². The second kappa shape index (κ2) is 10.4. The molecule has 1 aromatic heterocycles. The minimum Gasteiger partial charge on any atom is -0.328 e. The number of aromatic nitrogens is 3. The summed E-state index contributed by atoms with van der Waals surface area (Å²) in [5.74, 6) is 0.969. The van der Waals surface area contributed by atoms with E-state index in [1.165, 1.54) is 17.3 Å². The Balaban J connectivity index is 1.45. The third-order valence-electron chi connectivity index (χ3n) is 6.26. The van der Waals surface area contributed by atoms with Crippen molar-refractivity contribution in [3.05, 3.63) is 70.5 Å². The Bertz CT molecular complexity index is 1210. The van der Waals surface area contributed by atoms with Crippen LogP contribution in [0, 0.1) is 20.8 Å². The first-order valence-corrected chi connectivity index (χ1v) is 12.7. The van der Waals surface area contributed by atoms with Crippen LogP contribution in [-0.2, 0) is 11.3 Å². The van der Waals surface area contributed by atoms with Gasteiger partial charge in [-0.15, -0.1) is 10.2 Å². The van der Waals surface area contributed by atoms with Gasteiger partial charge in [-0.3, -0.25) is 9.59 Å². The molecule has 7 nitrogen and oxygen atoms in total. The second-order valence-corrected chi connectivity index (χ2v) is 9.69. The Kier molecular flexibility index (Phi) is 7.36. The predicted molar refractivity (Wildman–Crippen MR) is 135 cm³/mol. The zero-order valence-electron chi connectivity index (χ0n) is 20.2. The molecule has 34 heavy (non-hydrogen) atoms. The van der Waals surface area contributed by atoms with Crippen molar-refractivity contribution in [2.24, 2.45) is 0 Å². The highest BCUT2D eigenvalue weighted by atomic mass is 32.2. The fraction of sp³-hybridized carbons (Fsp3) is 0.385. The van der Waals surface area contributed by atoms with E-state index < -0.39 is 0 Å². The molecule has 0 spiro atoms. The first kappa shape index (κ1) is 24.0. The number of benzene rings is 2. The summed E-state index contributed by atoms with van der Waals surface area (Å²) >= 11 is 1.37. The van der Waals surface area contributed by atoms with Crippen LogP contribution in [0.2, 0.25) is 0 Å². The average molecular weight is 478 g/mol. The van der Waals surface area contributed by atoms with Crippen molar-refractivity contribution in [1.29, 1.82) is 0 Å². The molecule has 1 fully saturated rings. The number of rotatable bonds is 7. The Morgan fingerprint density at radius 2 is 1.91 bits per heavy atom. The lowest BCUT2D eigenvalue weighted by atomic mass is 10.1. The molecule has 2 aromatic carbocycles. The van der Waals surface area contributed by atoms with Gasteiger partial charge < -0.3 is 14.8 Å². The molecule has 2 heterocycles. The second-order valence-electron chi connectivity index (χ2n) is 8.75. The molecule has 1 N–H and O–H groups in total. The van der Waals surface area contributed by atoms with Gasteiger partial charge in [0.1, 0.15) is 0 Å². The number of carbonyl (C=O) groups is 2. The molecule has 1 atom stereocenters. The number of likely N-dealkylation sites (tertiary alicyclic amines) is 1. The SMILES string of the molecule is CCn1c(SCC(=O)Nc2ccc(C)c(C)c2)nnc1C1CCCN1C(=O)c1cccc(C)c1. The van der Waals surface area contributed by atoms with Crippen LogP contribution >= 0.6 is 11.8 Å². The molecule has 2 amide bonds. The molecule has 178 valence electrons. The number of hydrogen-bond acceptors (Lipinski definition) is 5. The third-order valence-corrected chi connectivity index (χ3v) is 7.23. The van der Waals surface area contributed by atoms with Crippen molar-refractivity contribution in [3.8, 4) is 0 Å². The zero-order chi connectivity index (χ0) is 24.2. The van der Waals surface area contributed by atoms with E-state index in [1.54, 1.807) is 0 Å². The number of aryl methyl sites for hydroxylation is 3. The summed E-state index contributed by atoms with van der Waals surface area (Å²) in [6, 6.07) is 13.5. The maximum absolute atomic E-state index is 13.2. The predicted octanol–water partition coefficient (Wildman–Crippen LogP) is 4.93. The van der Waals surface area contributed by atoms with Crippen LogP contribution in [0.15, 0.2) is 47.6 Å². The first-order chi connectivity index (χ1) is 16.4. The van der Waals surface area contributed by atoms with Crippen LogP contribution in [0.1, 0.15) is 58.7 Å². The molecule has 0 radical (unpaired) electrons. The lowest BCUT2D eigenvalue weighted by molar-refractivity contribution is -0.113. The quantitative estimate of drug-likeness (QED) is 0.488. The van der Waals surface area contributed by atoms with E-state index in [0.29, 0.717) is 23.8 Å². The highest BCUT2D eigenvalue weighted by Gasteiger charge is 2.34. The highest BCUT2D eigenvalue weighted by molar-refractivity contribution is 7.99. The summed E-state index contributed by atoms with van der Waals surface area (Å²) in [7, 11) is 0. The summed E-state index contributed by atoms with van der Waals surface area (Å²) in [4.78, 5) is 27.7.